The maximum atomic E-state index is 14.0. The molecule has 0 amide bonds. The second-order valence-electron chi connectivity index (χ2n) is 7.86. The number of hydrogen-bond acceptors (Lipinski definition) is 5. The first-order chi connectivity index (χ1) is 15.4. The van der Waals surface area contributed by atoms with Crippen LogP contribution in [0.2, 0.25) is 0 Å². The minimum absolute atomic E-state index is 0.274. The number of imidazole rings is 1. The van der Waals surface area contributed by atoms with Gasteiger partial charge in [0.15, 0.2) is 5.76 Å². The van der Waals surface area contributed by atoms with Gasteiger partial charge in [0.05, 0.1) is 34.6 Å². The van der Waals surface area contributed by atoms with E-state index in [4.69, 9.17) is 4.42 Å². The Hall–Kier alpha value is -3.95. The van der Waals surface area contributed by atoms with Gasteiger partial charge in [0.1, 0.15) is 23.5 Å². The largest absolute Gasteiger partial charge is 0.436 e. The summed E-state index contributed by atoms with van der Waals surface area (Å²) in [5, 5.41) is 7.63. The number of aryl methyl sites for hydroxylation is 1. The number of halogens is 3. The Kier molecular flexibility index (Phi) is 3.83. The standard InChI is InChI=1S/C22H15F3N6O/c1-31-8-15(28-10-31)16-6-13-19(26-9-27-21(13)32-16)17-18(11-2-4-12(23)5-3-11)29-30-20(17)14-7-22(14,24)25/h2-6,8-10,14H,7H2,1H3,(H,29,30). The highest BCUT2D eigenvalue weighted by Crippen LogP contribution is 2.58. The zero-order valence-corrected chi connectivity index (χ0v) is 16.7. The minimum Gasteiger partial charge on any atom is -0.436 e. The predicted octanol–water partition coefficient (Wildman–Crippen LogP) is 4.94. The van der Waals surface area contributed by atoms with E-state index < -0.39 is 17.7 Å². The van der Waals surface area contributed by atoms with Crippen LogP contribution in [-0.4, -0.2) is 35.6 Å². The molecule has 7 nitrogen and oxygen atoms in total. The van der Waals surface area contributed by atoms with E-state index in [1.165, 1.54) is 18.5 Å². The molecule has 160 valence electrons. The van der Waals surface area contributed by atoms with Crippen LogP contribution in [0.5, 0.6) is 0 Å². The van der Waals surface area contributed by atoms with Crippen LogP contribution >= 0.6 is 0 Å². The van der Waals surface area contributed by atoms with E-state index in [1.54, 1.807) is 35.3 Å². The molecule has 1 saturated carbocycles. The van der Waals surface area contributed by atoms with E-state index in [0.717, 1.165) is 0 Å². The lowest BCUT2D eigenvalue weighted by molar-refractivity contribution is 0.111. The highest BCUT2D eigenvalue weighted by atomic mass is 19.3. The third-order valence-corrected chi connectivity index (χ3v) is 5.61. The molecular formula is C22H15F3N6O. The van der Waals surface area contributed by atoms with Gasteiger partial charge in [0, 0.05) is 25.2 Å². The summed E-state index contributed by atoms with van der Waals surface area (Å²) in [5.74, 6) is -3.74. The molecule has 5 aromatic rings. The van der Waals surface area contributed by atoms with Crippen molar-refractivity contribution in [3.63, 3.8) is 0 Å². The summed E-state index contributed by atoms with van der Waals surface area (Å²) in [7, 11) is 1.84. The quantitative estimate of drug-likeness (QED) is 0.431. The lowest BCUT2D eigenvalue weighted by Crippen LogP contribution is -1.97. The summed E-state index contributed by atoms with van der Waals surface area (Å²) in [6, 6.07) is 7.44. The molecule has 0 bridgehead atoms. The average Bonchev–Trinajstić information content (AvgIpc) is 3.23. The normalized spacial score (nSPS) is 17.2. The molecule has 1 aromatic carbocycles. The number of benzene rings is 1. The Morgan fingerprint density at radius 2 is 1.91 bits per heavy atom. The summed E-state index contributed by atoms with van der Waals surface area (Å²) in [5.41, 5.74) is 3.02. The number of nitrogens with one attached hydrogen (secondary N) is 1. The van der Waals surface area contributed by atoms with Crippen molar-refractivity contribution in [3.05, 3.63) is 60.7 Å². The number of H-pyrrole nitrogens is 1. The molecule has 6 rings (SSSR count). The van der Waals surface area contributed by atoms with E-state index in [1.807, 2.05) is 7.05 Å². The summed E-state index contributed by atoms with van der Waals surface area (Å²) < 4.78 is 49.2. The van der Waals surface area contributed by atoms with Crippen molar-refractivity contribution in [1.29, 1.82) is 0 Å². The van der Waals surface area contributed by atoms with Crippen LogP contribution in [0.15, 0.2) is 53.6 Å². The molecule has 0 aliphatic heterocycles. The molecule has 32 heavy (non-hydrogen) atoms. The summed E-state index contributed by atoms with van der Waals surface area (Å²) in [4.78, 5) is 12.9. The fourth-order valence-corrected chi connectivity index (χ4v) is 3.91. The van der Waals surface area contributed by atoms with E-state index in [-0.39, 0.29) is 12.1 Å². The minimum atomic E-state index is -2.82. The second kappa shape index (κ2) is 6.52. The van der Waals surface area contributed by atoms with Crippen LogP contribution in [0.25, 0.3) is 45.1 Å². The summed E-state index contributed by atoms with van der Waals surface area (Å²) >= 11 is 0. The van der Waals surface area contributed by atoms with Gasteiger partial charge >= 0.3 is 0 Å². The molecule has 0 spiro atoms. The second-order valence-corrected chi connectivity index (χ2v) is 7.86. The fraction of sp³-hybridized carbons (Fsp3) is 0.182. The molecule has 1 atom stereocenters. The molecule has 1 fully saturated rings. The maximum absolute atomic E-state index is 14.0. The predicted molar refractivity (Wildman–Crippen MR) is 109 cm³/mol. The Morgan fingerprint density at radius 3 is 2.59 bits per heavy atom. The molecule has 10 heteroatoms. The molecule has 1 N–H and O–H groups in total. The number of aromatic nitrogens is 6. The SMILES string of the molecule is Cn1cnc(-c2cc3c(-c4c(-c5ccc(F)cc5)n[nH]c4C4CC4(F)F)ncnc3o2)c1. The van der Waals surface area contributed by atoms with Crippen molar-refractivity contribution in [2.24, 2.45) is 7.05 Å². The smallest absolute Gasteiger partial charge is 0.257 e. The Labute approximate surface area is 179 Å². The summed E-state index contributed by atoms with van der Waals surface area (Å²) in [6.45, 7) is 0. The Balaban J connectivity index is 1.58. The lowest BCUT2D eigenvalue weighted by Gasteiger charge is -2.06. The van der Waals surface area contributed by atoms with Gasteiger partial charge in [-0.25, -0.2) is 28.1 Å². The number of hydrogen-bond donors (Lipinski definition) is 1. The lowest BCUT2D eigenvalue weighted by atomic mass is 9.99. The van der Waals surface area contributed by atoms with Crippen LogP contribution in [0.3, 0.4) is 0 Å². The molecular weight excluding hydrogens is 421 g/mol. The number of rotatable bonds is 4. The van der Waals surface area contributed by atoms with Crippen molar-refractivity contribution in [2.75, 3.05) is 0 Å². The zero-order valence-electron chi connectivity index (χ0n) is 16.7. The first-order valence-electron chi connectivity index (χ1n) is 9.86. The zero-order chi connectivity index (χ0) is 22.0. The Bertz CT molecular complexity index is 1470. The van der Waals surface area contributed by atoms with Crippen molar-refractivity contribution in [1.82, 2.24) is 29.7 Å². The van der Waals surface area contributed by atoms with Gasteiger partial charge in [-0.05, 0) is 30.3 Å². The van der Waals surface area contributed by atoms with Gasteiger partial charge in [-0.1, -0.05) is 0 Å². The number of alkyl halides is 2. The van der Waals surface area contributed by atoms with E-state index in [2.05, 4.69) is 25.1 Å². The van der Waals surface area contributed by atoms with Gasteiger partial charge in [0.2, 0.25) is 5.71 Å². The molecule has 0 saturated heterocycles. The molecule has 4 aromatic heterocycles. The van der Waals surface area contributed by atoms with E-state index in [0.29, 0.717) is 45.1 Å². The monoisotopic (exact) mass is 436 g/mol. The molecule has 1 unspecified atom stereocenters. The highest BCUT2D eigenvalue weighted by molar-refractivity contribution is 5.97. The van der Waals surface area contributed by atoms with Crippen LogP contribution in [0, 0.1) is 5.82 Å². The first-order valence-corrected chi connectivity index (χ1v) is 9.86. The Morgan fingerprint density at radius 1 is 1.12 bits per heavy atom. The highest BCUT2D eigenvalue weighted by Gasteiger charge is 2.59. The van der Waals surface area contributed by atoms with Crippen molar-refractivity contribution >= 4 is 11.1 Å². The number of nitrogens with zero attached hydrogens (tertiary/aromatic N) is 5. The van der Waals surface area contributed by atoms with Gasteiger partial charge in [-0.15, -0.1) is 0 Å². The van der Waals surface area contributed by atoms with Crippen LogP contribution in [-0.2, 0) is 7.05 Å². The maximum Gasteiger partial charge on any atom is 0.257 e. The van der Waals surface area contributed by atoms with Gasteiger partial charge in [-0.3, -0.25) is 5.10 Å². The number of furan rings is 1. The van der Waals surface area contributed by atoms with Gasteiger partial charge < -0.3 is 8.98 Å². The topological polar surface area (TPSA) is 85.4 Å². The van der Waals surface area contributed by atoms with Crippen LogP contribution < -0.4 is 0 Å². The molecule has 1 aliphatic rings. The fourth-order valence-electron chi connectivity index (χ4n) is 3.91. The van der Waals surface area contributed by atoms with Crippen molar-refractivity contribution < 1.29 is 17.6 Å². The van der Waals surface area contributed by atoms with Gasteiger partial charge in [0.25, 0.3) is 5.92 Å². The van der Waals surface area contributed by atoms with E-state index >= 15 is 0 Å². The number of aromatic amines is 1. The first kappa shape index (κ1) is 18.8. The summed E-state index contributed by atoms with van der Waals surface area (Å²) in [6.07, 6.45) is 4.48. The van der Waals surface area contributed by atoms with Gasteiger partial charge in [-0.2, -0.15) is 5.10 Å². The number of fused-ring (bicyclic) bond motifs is 1. The average molecular weight is 436 g/mol. The third kappa shape index (κ3) is 2.90. The molecule has 1 aliphatic carbocycles. The van der Waals surface area contributed by atoms with Crippen LogP contribution in [0.4, 0.5) is 13.2 Å². The van der Waals surface area contributed by atoms with Crippen LogP contribution in [0.1, 0.15) is 18.0 Å². The van der Waals surface area contributed by atoms with E-state index in [9.17, 15) is 13.2 Å². The molecule has 0 radical (unpaired) electrons. The molecule has 4 heterocycles. The third-order valence-electron chi connectivity index (χ3n) is 5.61. The van der Waals surface area contributed by atoms with Crippen molar-refractivity contribution in [2.45, 2.75) is 18.3 Å². The van der Waals surface area contributed by atoms with Crippen molar-refractivity contribution in [3.8, 4) is 34.0 Å².